The summed E-state index contributed by atoms with van der Waals surface area (Å²) in [5.74, 6) is 0.956. The van der Waals surface area contributed by atoms with Gasteiger partial charge in [-0.2, -0.15) is 11.8 Å². The number of hydrogen-bond donors (Lipinski definition) is 2. The van der Waals surface area contributed by atoms with Crippen LogP contribution in [0.2, 0.25) is 0 Å². The molecule has 1 heterocycles. The highest BCUT2D eigenvalue weighted by Crippen LogP contribution is 2.21. The molecule has 1 aliphatic heterocycles. The summed E-state index contributed by atoms with van der Waals surface area (Å²) < 4.78 is 0.196. The van der Waals surface area contributed by atoms with Gasteiger partial charge in [0.2, 0.25) is 0 Å². The Morgan fingerprint density at radius 2 is 1.86 bits per heavy atom. The van der Waals surface area contributed by atoms with Crippen LogP contribution in [0, 0.1) is 0 Å². The molecule has 1 aliphatic rings. The standard InChI is InChI=1S/C16H34N4S.HI/c1-6-14(20-10-8-9-11-20)12-18-15(17-7-2)19-13-16(3,4)21-5;/h14H,6-13H2,1-5H3,(H2,17,18,19);1H. The molecule has 0 aromatic rings. The molecule has 0 aliphatic carbocycles. The van der Waals surface area contributed by atoms with Crippen LogP contribution in [0.5, 0.6) is 0 Å². The van der Waals surface area contributed by atoms with Gasteiger partial charge in [0.25, 0.3) is 0 Å². The van der Waals surface area contributed by atoms with E-state index in [1.807, 2.05) is 11.8 Å². The minimum absolute atomic E-state index is 0. The number of hydrogen-bond acceptors (Lipinski definition) is 3. The maximum absolute atomic E-state index is 4.74. The third-order valence-corrected chi connectivity index (χ3v) is 5.38. The highest BCUT2D eigenvalue weighted by atomic mass is 127. The van der Waals surface area contributed by atoms with Crippen LogP contribution in [0.4, 0.5) is 0 Å². The molecule has 0 spiro atoms. The van der Waals surface area contributed by atoms with Crippen molar-refractivity contribution in [3.8, 4) is 0 Å². The van der Waals surface area contributed by atoms with Crippen LogP contribution in [0.15, 0.2) is 4.99 Å². The molecule has 0 saturated carbocycles. The molecular formula is C16H35IN4S. The summed E-state index contributed by atoms with van der Waals surface area (Å²) in [4.78, 5) is 7.36. The zero-order valence-corrected chi connectivity index (χ0v) is 18.1. The van der Waals surface area contributed by atoms with Gasteiger partial charge in [-0.05, 0) is 59.4 Å². The third kappa shape index (κ3) is 8.24. The van der Waals surface area contributed by atoms with Crippen LogP contribution in [-0.4, -0.2) is 60.6 Å². The van der Waals surface area contributed by atoms with Crippen molar-refractivity contribution in [1.82, 2.24) is 15.5 Å². The number of guanidine groups is 1. The molecule has 1 atom stereocenters. The van der Waals surface area contributed by atoms with Crippen molar-refractivity contribution in [2.75, 3.05) is 39.0 Å². The van der Waals surface area contributed by atoms with Gasteiger partial charge in [-0.1, -0.05) is 6.92 Å². The molecule has 0 aromatic heterocycles. The highest BCUT2D eigenvalue weighted by molar-refractivity contribution is 14.0. The fourth-order valence-corrected chi connectivity index (χ4v) is 2.72. The van der Waals surface area contributed by atoms with Crippen molar-refractivity contribution in [2.45, 2.75) is 57.7 Å². The van der Waals surface area contributed by atoms with Crippen LogP contribution >= 0.6 is 35.7 Å². The highest BCUT2D eigenvalue weighted by Gasteiger charge is 2.20. The smallest absolute Gasteiger partial charge is 0.191 e. The molecule has 1 fully saturated rings. The topological polar surface area (TPSA) is 39.7 Å². The molecule has 0 aromatic carbocycles. The first kappa shape index (κ1) is 22.3. The van der Waals surface area contributed by atoms with Crippen LogP contribution in [0.3, 0.4) is 0 Å². The number of nitrogens with zero attached hydrogens (tertiary/aromatic N) is 2. The van der Waals surface area contributed by atoms with Crippen molar-refractivity contribution < 1.29 is 0 Å². The Morgan fingerprint density at radius 3 is 2.36 bits per heavy atom. The molecule has 1 rings (SSSR count). The summed E-state index contributed by atoms with van der Waals surface area (Å²) in [6.45, 7) is 14.1. The Morgan fingerprint density at radius 1 is 1.23 bits per heavy atom. The van der Waals surface area contributed by atoms with Gasteiger partial charge in [0.1, 0.15) is 0 Å². The Kier molecular flexibility index (Phi) is 12.0. The monoisotopic (exact) mass is 442 g/mol. The second-order valence-electron chi connectivity index (χ2n) is 6.35. The molecule has 0 bridgehead atoms. The summed E-state index contributed by atoms with van der Waals surface area (Å²) in [6, 6.07) is 0.630. The first-order valence-corrected chi connectivity index (χ1v) is 9.56. The lowest BCUT2D eigenvalue weighted by atomic mass is 10.2. The van der Waals surface area contributed by atoms with Crippen LogP contribution in [0.25, 0.3) is 0 Å². The normalized spacial score (nSPS) is 18.0. The number of nitrogens with one attached hydrogen (secondary N) is 2. The largest absolute Gasteiger partial charge is 0.357 e. The van der Waals surface area contributed by atoms with Gasteiger partial charge in [-0.25, -0.2) is 0 Å². The number of halogens is 1. The lowest BCUT2D eigenvalue weighted by molar-refractivity contribution is 0.236. The molecule has 0 amide bonds. The van der Waals surface area contributed by atoms with E-state index >= 15 is 0 Å². The molecular weight excluding hydrogens is 407 g/mol. The lowest BCUT2D eigenvalue weighted by Crippen LogP contribution is -2.46. The van der Waals surface area contributed by atoms with Gasteiger partial charge in [0, 0.05) is 23.9 Å². The van der Waals surface area contributed by atoms with Crippen molar-refractivity contribution in [2.24, 2.45) is 4.99 Å². The summed E-state index contributed by atoms with van der Waals surface area (Å²) in [6.07, 6.45) is 6.05. The van der Waals surface area contributed by atoms with Crippen LogP contribution in [0.1, 0.15) is 47.0 Å². The van der Waals surface area contributed by atoms with Crippen molar-refractivity contribution in [3.63, 3.8) is 0 Å². The molecule has 22 heavy (non-hydrogen) atoms. The van der Waals surface area contributed by atoms with E-state index in [0.29, 0.717) is 6.04 Å². The first-order valence-electron chi connectivity index (χ1n) is 8.33. The van der Waals surface area contributed by atoms with E-state index in [9.17, 15) is 0 Å². The average molecular weight is 442 g/mol. The Hall–Kier alpha value is 0.310. The van der Waals surface area contributed by atoms with E-state index in [1.165, 1.54) is 32.4 Å². The lowest BCUT2D eigenvalue weighted by Gasteiger charge is -2.27. The molecule has 2 N–H and O–H groups in total. The fourth-order valence-electron chi connectivity index (χ4n) is 2.53. The third-order valence-electron chi connectivity index (χ3n) is 4.15. The molecule has 0 radical (unpaired) electrons. The maximum Gasteiger partial charge on any atom is 0.191 e. The quantitative estimate of drug-likeness (QED) is 0.344. The maximum atomic E-state index is 4.74. The Labute approximate surface area is 158 Å². The molecule has 6 heteroatoms. The first-order chi connectivity index (χ1) is 10.0. The van der Waals surface area contributed by atoms with Gasteiger partial charge >= 0.3 is 0 Å². The van der Waals surface area contributed by atoms with E-state index in [1.54, 1.807) is 0 Å². The van der Waals surface area contributed by atoms with E-state index in [4.69, 9.17) is 4.99 Å². The van der Waals surface area contributed by atoms with Gasteiger partial charge in [0.05, 0.1) is 6.54 Å². The van der Waals surface area contributed by atoms with E-state index in [0.717, 1.165) is 25.6 Å². The summed E-state index contributed by atoms with van der Waals surface area (Å²) >= 11 is 1.87. The molecule has 1 unspecified atom stereocenters. The summed E-state index contributed by atoms with van der Waals surface area (Å²) in [7, 11) is 0. The Balaban J connectivity index is 0.00000441. The number of aliphatic imine (C=N–C) groups is 1. The van der Waals surface area contributed by atoms with Gasteiger partial charge in [-0.15, -0.1) is 24.0 Å². The van der Waals surface area contributed by atoms with E-state index in [2.05, 4.69) is 49.5 Å². The van der Waals surface area contributed by atoms with E-state index in [-0.39, 0.29) is 28.7 Å². The van der Waals surface area contributed by atoms with Crippen LogP contribution < -0.4 is 10.6 Å². The number of rotatable bonds is 8. The number of likely N-dealkylation sites (tertiary alicyclic amines) is 1. The van der Waals surface area contributed by atoms with Gasteiger partial charge in [0.15, 0.2) is 5.96 Å². The zero-order chi connectivity index (χ0) is 15.7. The average Bonchev–Trinajstić information content (AvgIpc) is 2.99. The predicted molar refractivity (Wildman–Crippen MR) is 112 cm³/mol. The molecule has 132 valence electrons. The fraction of sp³-hybridized carbons (Fsp3) is 0.938. The zero-order valence-electron chi connectivity index (χ0n) is 14.9. The van der Waals surface area contributed by atoms with Gasteiger partial charge < -0.3 is 10.6 Å². The number of thioether (sulfide) groups is 1. The van der Waals surface area contributed by atoms with E-state index < -0.39 is 0 Å². The second-order valence-corrected chi connectivity index (χ2v) is 7.86. The van der Waals surface area contributed by atoms with Crippen molar-refractivity contribution >= 4 is 41.7 Å². The predicted octanol–water partition coefficient (Wildman–Crippen LogP) is 3.18. The summed E-state index contributed by atoms with van der Waals surface area (Å²) in [5.41, 5.74) is 0. The summed E-state index contributed by atoms with van der Waals surface area (Å²) in [5, 5.41) is 6.89. The van der Waals surface area contributed by atoms with Crippen LogP contribution in [-0.2, 0) is 0 Å². The SMILES string of the molecule is CCNC(=NCC(C)(C)SC)NCC(CC)N1CCCC1.I. The minimum Gasteiger partial charge on any atom is -0.357 e. The molecule has 4 nitrogen and oxygen atoms in total. The minimum atomic E-state index is 0. The van der Waals surface area contributed by atoms with Gasteiger partial charge in [-0.3, -0.25) is 9.89 Å². The van der Waals surface area contributed by atoms with Crippen molar-refractivity contribution in [1.29, 1.82) is 0 Å². The van der Waals surface area contributed by atoms with Crippen molar-refractivity contribution in [3.05, 3.63) is 0 Å². The Bertz CT molecular complexity index is 317. The second kappa shape index (κ2) is 11.8. The molecule has 1 saturated heterocycles.